The van der Waals surface area contributed by atoms with Crippen molar-refractivity contribution in [3.8, 4) is 0 Å². The summed E-state index contributed by atoms with van der Waals surface area (Å²) in [4.78, 5) is 40.8. The van der Waals surface area contributed by atoms with Crippen LogP contribution in [-0.2, 0) is 15.0 Å². The molecule has 1 atom stereocenters. The molecule has 1 fully saturated rings. The number of carbonyl (C=O) groups excluding carboxylic acids is 2. The summed E-state index contributed by atoms with van der Waals surface area (Å²) in [5.74, 6) is -2.10. The molecule has 1 heterocycles. The highest BCUT2D eigenvalue weighted by molar-refractivity contribution is 6.51. The number of hydrogen-bond donors (Lipinski definition) is 1. The van der Waals surface area contributed by atoms with Crippen molar-refractivity contribution in [1.29, 1.82) is 0 Å². The van der Waals surface area contributed by atoms with E-state index in [9.17, 15) is 24.8 Å². The summed E-state index contributed by atoms with van der Waals surface area (Å²) in [6.45, 7) is 6.25. The molecule has 8 nitrogen and oxygen atoms in total. The maximum Gasteiger partial charge on any atom is 0.300 e. The van der Waals surface area contributed by atoms with Gasteiger partial charge in [0.1, 0.15) is 5.76 Å². The van der Waals surface area contributed by atoms with Crippen LogP contribution in [0.3, 0.4) is 0 Å². The minimum absolute atomic E-state index is 0.0881. The molecule has 1 aliphatic heterocycles. The number of anilines is 2. The van der Waals surface area contributed by atoms with Crippen LogP contribution in [0, 0.1) is 10.1 Å². The molecule has 1 aliphatic rings. The van der Waals surface area contributed by atoms with Crippen molar-refractivity contribution in [3.63, 3.8) is 0 Å². The van der Waals surface area contributed by atoms with Gasteiger partial charge in [-0.3, -0.25) is 24.6 Å². The molecule has 0 aliphatic carbocycles. The third-order valence-corrected chi connectivity index (χ3v) is 6.51. The Morgan fingerprint density at radius 3 is 2.14 bits per heavy atom. The SMILES string of the molecule is CN(C)c1ccc(C2/C(=C(/O)c3cccc([N+](=O)[O-])c3)C(=O)C(=O)N2c2ccc(C(C)(C)C)cc2)cc1. The van der Waals surface area contributed by atoms with Crippen LogP contribution in [-0.4, -0.2) is 35.8 Å². The minimum Gasteiger partial charge on any atom is -0.507 e. The monoisotopic (exact) mass is 499 g/mol. The molecule has 0 aromatic heterocycles. The van der Waals surface area contributed by atoms with E-state index in [0.717, 1.165) is 11.3 Å². The van der Waals surface area contributed by atoms with Gasteiger partial charge in [0.15, 0.2) is 0 Å². The molecule has 1 saturated heterocycles. The van der Waals surface area contributed by atoms with Crippen molar-refractivity contribution in [2.24, 2.45) is 0 Å². The van der Waals surface area contributed by atoms with Crippen molar-refractivity contribution >= 4 is 34.5 Å². The zero-order valence-electron chi connectivity index (χ0n) is 21.4. The Morgan fingerprint density at radius 2 is 1.59 bits per heavy atom. The fourth-order valence-corrected chi connectivity index (χ4v) is 4.41. The number of aliphatic hydroxyl groups excluding tert-OH is 1. The zero-order chi connectivity index (χ0) is 27.1. The molecule has 4 rings (SSSR count). The molecule has 0 spiro atoms. The Bertz CT molecular complexity index is 1400. The van der Waals surface area contributed by atoms with E-state index in [2.05, 4.69) is 20.8 Å². The van der Waals surface area contributed by atoms with Crippen LogP contribution in [0.25, 0.3) is 5.76 Å². The number of Topliss-reactive ketones (excluding diaryl/α,β-unsaturated/α-hetero) is 1. The fourth-order valence-electron chi connectivity index (χ4n) is 4.41. The molecule has 37 heavy (non-hydrogen) atoms. The van der Waals surface area contributed by atoms with Crippen LogP contribution >= 0.6 is 0 Å². The van der Waals surface area contributed by atoms with Crippen molar-refractivity contribution in [1.82, 2.24) is 0 Å². The summed E-state index contributed by atoms with van der Waals surface area (Å²) in [6.07, 6.45) is 0. The summed E-state index contributed by atoms with van der Waals surface area (Å²) in [5.41, 5.74) is 2.75. The number of hydrogen-bond acceptors (Lipinski definition) is 6. The van der Waals surface area contributed by atoms with E-state index in [-0.39, 0.29) is 22.2 Å². The van der Waals surface area contributed by atoms with E-state index in [1.54, 1.807) is 12.1 Å². The molecular formula is C29H29N3O5. The number of nitro benzene ring substituents is 1. The second-order valence-corrected chi connectivity index (χ2v) is 10.3. The molecule has 1 unspecified atom stereocenters. The van der Waals surface area contributed by atoms with Crippen molar-refractivity contribution in [2.75, 3.05) is 23.9 Å². The number of ketones is 1. The Labute approximate surface area is 215 Å². The third-order valence-electron chi connectivity index (χ3n) is 6.51. The Hall–Kier alpha value is -4.46. The van der Waals surface area contributed by atoms with Crippen LogP contribution in [0.5, 0.6) is 0 Å². The van der Waals surface area contributed by atoms with Gasteiger partial charge < -0.3 is 10.0 Å². The van der Waals surface area contributed by atoms with Gasteiger partial charge in [0.2, 0.25) is 0 Å². The van der Waals surface area contributed by atoms with Gasteiger partial charge >= 0.3 is 0 Å². The molecule has 8 heteroatoms. The quantitative estimate of drug-likeness (QED) is 0.161. The van der Waals surface area contributed by atoms with Crippen molar-refractivity contribution in [3.05, 3.63) is 105 Å². The van der Waals surface area contributed by atoms with Gasteiger partial charge in [-0.15, -0.1) is 0 Å². The lowest BCUT2D eigenvalue weighted by Gasteiger charge is -2.27. The van der Waals surface area contributed by atoms with Crippen molar-refractivity contribution < 1.29 is 19.6 Å². The molecule has 0 radical (unpaired) electrons. The predicted octanol–water partition coefficient (Wildman–Crippen LogP) is 5.58. The summed E-state index contributed by atoms with van der Waals surface area (Å²) in [7, 11) is 3.81. The third kappa shape index (κ3) is 4.82. The first-order valence-corrected chi connectivity index (χ1v) is 11.8. The molecule has 190 valence electrons. The maximum atomic E-state index is 13.4. The molecular weight excluding hydrogens is 470 g/mol. The molecule has 0 saturated carbocycles. The van der Waals surface area contributed by atoms with Crippen LogP contribution in [0.2, 0.25) is 0 Å². The first-order valence-electron chi connectivity index (χ1n) is 11.8. The van der Waals surface area contributed by atoms with E-state index >= 15 is 0 Å². The second kappa shape index (κ2) is 9.54. The Balaban J connectivity index is 1.91. The standard InChI is InChI=1S/C29H29N3O5/c1-29(2,3)20-11-15-22(16-12-20)31-25(18-9-13-21(14-10-18)30(4)5)24(27(34)28(31)35)26(33)19-7-6-8-23(17-19)32(36)37/h6-17,25,33H,1-5H3/b26-24-. The van der Waals surface area contributed by atoms with Gasteiger partial charge in [-0.25, -0.2) is 0 Å². The Kier molecular flexibility index (Phi) is 6.61. The summed E-state index contributed by atoms with van der Waals surface area (Å²) in [6, 6.07) is 19.2. The number of carbonyl (C=O) groups is 2. The van der Waals surface area contributed by atoms with E-state index in [4.69, 9.17) is 0 Å². The first kappa shape index (κ1) is 25.6. The molecule has 0 bridgehead atoms. The second-order valence-electron chi connectivity index (χ2n) is 10.3. The highest BCUT2D eigenvalue weighted by atomic mass is 16.6. The lowest BCUT2D eigenvalue weighted by molar-refractivity contribution is -0.384. The van der Waals surface area contributed by atoms with Gasteiger partial charge in [-0.05, 0) is 40.8 Å². The van der Waals surface area contributed by atoms with E-state index < -0.39 is 28.4 Å². The number of nitro groups is 1. The van der Waals surface area contributed by atoms with Crippen molar-refractivity contribution in [2.45, 2.75) is 32.2 Å². The average molecular weight is 500 g/mol. The minimum atomic E-state index is -0.920. The summed E-state index contributed by atoms with van der Waals surface area (Å²) in [5, 5.41) is 22.5. The lowest BCUT2D eigenvalue weighted by atomic mass is 9.87. The summed E-state index contributed by atoms with van der Waals surface area (Å²) < 4.78 is 0. The molecule has 3 aromatic carbocycles. The number of non-ortho nitro benzene ring substituents is 1. The maximum absolute atomic E-state index is 13.4. The predicted molar refractivity (Wildman–Crippen MR) is 144 cm³/mol. The zero-order valence-corrected chi connectivity index (χ0v) is 21.4. The number of aliphatic hydroxyl groups is 1. The van der Waals surface area contributed by atoms with E-state index in [0.29, 0.717) is 11.3 Å². The first-order chi connectivity index (χ1) is 17.4. The number of benzene rings is 3. The molecule has 3 aromatic rings. The molecule has 1 N–H and O–H groups in total. The van der Waals surface area contributed by atoms with Gasteiger partial charge in [-0.2, -0.15) is 0 Å². The van der Waals surface area contributed by atoms with Gasteiger partial charge in [0.05, 0.1) is 16.5 Å². The van der Waals surface area contributed by atoms with E-state index in [1.807, 2.05) is 55.4 Å². The highest BCUT2D eigenvalue weighted by Crippen LogP contribution is 2.43. The Morgan fingerprint density at radius 1 is 0.973 bits per heavy atom. The number of amides is 1. The van der Waals surface area contributed by atoms with Gasteiger partial charge in [0.25, 0.3) is 17.4 Å². The van der Waals surface area contributed by atoms with E-state index in [1.165, 1.54) is 29.2 Å². The smallest absolute Gasteiger partial charge is 0.300 e. The topological polar surface area (TPSA) is 104 Å². The normalized spacial score (nSPS) is 17.2. The largest absolute Gasteiger partial charge is 0.507 e. The van der Waals surface area contributed by atoms with Crippen LogP contribution in [0.15, 0.2) is 78.4 Å². The fraction of sp³-hybridized carbons (Fsp3) is 0.241. The summed E-state index contributed by atoms with van der Waals surface area (Å²) >= 11 is 0. The highest BCUT2D eigenvalue weighted by Gasteiger charge is 2.47. The van der Waals surface area contributed by atoms with Gasteiger partial charge in [-0.1, -0.05) is 57.2 Å². The number of rotatable bonds is 5. The number of nitrogens with zero attached hydrogens (tertiary/aromatic N) is 3. The van der Waals surface area contributed by atoms with Crippen LogP contribution in [0.1, 0.15) is 43.5 Å². The average Bonchev–Trinajstić information content (AvgIpc) is 3.13. The molecule has 1 amide bonds. The van der Waals surface area contributed by atoms with Crippen LogP contribution in [0.4, 0.5) is 17.1 Å². The van der Waals surface area contributed by atoms with Crippen LogP contribution < -0.4 is 9.80 Å². The van der Waals surface area contributed by atoms with Gasteiger partial charge in [0, 0.05) is 43.2 Å². The lowest BCUT2D eigenvalue weighted by Crippen LogP contribution is -2.29.